The van der Waals surface area contributed by atoms with E-state index in [1.807, 2.05) is 4.90 Å². The van der Waals surface area contributed by atoms with Crippen LogP contribution in [0.5, 0.6) is 0 Å². The number of hydrogen-bond acceptors (Lipinski definition) is 5. The highest BCUT2D eigenvalue weighted by atomic mass is 16.2. The molecule has 1 fully saturated rings. The van der Waals surface area contributed by atoms with Gasteiger partial charge in [-0.3, -0.25) is 19.6 Å². The summed E-state index contributed by atoms with van der Waals surface area (Å²) in [6, 6.07) is 0. The lowest BCUT2D eigenvalue weighted by Gasteiger charge is -2.33. The average molecular weight is 266 g/mol. The highest BCUT2D eigenvalue weighted by Crippen LogP contribution is 2.05. The molecular formula is C11H18N6O2. The number of H-pyrrole nitrogens is 1. The van der Waals surface area contributed by atoms with Crippen LogP contribution in [0.15, 0.2) is 0 Å². The number of nitrogens with zero attached hydrogens (tertiary/aromatic N) is 4. The summed E-state index contributed by atoms with van der Waals surface area (Å²) in [6.45, 7) is 4.67. The Morgan fingerprint density at radius 2 is 2.00 bits per heavy atom. The van der Waals surface area contributed by atoms with Crippen LogP contribution in [0.3, 0.4) is 0 Å². The highest BCUT2D eigenvalue weighted by molar-refractivity contribution is 5.90. The third kappa shape index (κ3) is 3.28. The molecule has 0 radical (unpaired) electrons. The van der Waals surface area contributed by atoms with E-state index in [2.05, 4.69) is 20.5 Å². The molecule has 0 unspecified atom stereocenters. The molecule has 104 valence electrons. The number of hydrogen-bond donors (Lipinski definition) is 2. The number of piperazine rings is 1. The van der Waals surface area contributed by atoms with Gasteiger partial charge >= 0.3 is 0 Å². The minimum absolute atomic E-state index is 0.00984. The third-order valence-corrected chi connectivity index (χ3v) is 3.09. The molecule has 0 atom stereocenters. The summed E-state index contributed by atoms with van der Waals surface area (Å²) in [5, 5.41) is 9.12. The number of amides is 2. The Hall–Kier alpha value is -1.96. The second-order valence-electron chi connectivity index (χ2n) is 4.49. The Labute approximate surface area is 111 Å². The summed E-state index contributed by atoms with van der Waals surface area (Å²) in [6.07, 6.45) is 0. The molecule has 2 amide bonds. The number of nitrogens with one attached hydrogen (secondary N) is 2. The average Bonchev–Trinajstić information content (AvgIpc) is 2.85. The number of aromatic amines is 1. The third-order valence-electron chi connectivity index (χ3n) is 3.09. The van der Waals surface area contributed by atoms with Crippen molar-refractivity contribution < 1.29 is 9.59 Å². The number of carbonyl (C=O) groups excluding carboxylic acids is 2. The van der Waals surface area contributed by atoms with Crippen molar-refractivity contribution >= 4 is 11.8 Å². The molecule has 19 heavy (non-hydrogen) atoms. The van der Waals surface area contributed by atoms with Gasteiger partial charge in [-0.1, -0.05) is 0 Å². The van der Waals surface area contributed by atoms with Gasteiger partial charge in [-0.15, -0.1) is 5.10 Å². The van der Waals surface area contributed by atoms with Gasteiger partial charge in [-0.2, -0.15) is 0 Å². The van der Waals surface area contributed by atoms with Gasteiger partial charge in [0, 0.05) is 33.2 Å². The van der Waals surface area contributed by atoms with Crippen LogP contribution in [0.1, 0.15) is 16.4 Å². The van der Waals surface area contributed by atoms with Gasteiger partial charge in [0.15, 0.2) is 0 Å². The van der Waals surface area contributed by atoms with Gasteiger partial charge < -0.3 is 10.2 Å². The minimum Gasteiger partial charge on any atom is -0.358 e. The molecule has 0 aromatic carbocycles. The SMILES string of the molecule is CNC(=O)CN1CCN(C(=O)c2n[nH]c(C)n2)CC1. The molecule has 1 aliphatic heterocycles. The maximum Gasteiger partial charge on any atom is 0.293 e. The van der Waals surface area contributed by atoms with Crippen LogP contribution in [0, 0.1) is 6.92 Å². The first kappa shape index (κ1) is 13.5. The fraction of sp³-hybridized carbons (Fsp3) is 0.636. The second-order valence-corrected chi connectivity index (χ2v) is 4.49. The van der Waals surface area contributed by atoms with Crippen LogP contribution in [0.4, 0.5) is 0 Å². The van der Waals surface area contributed by atoms with Gasteiger partial charge in [0.1, 0.15) is 5.82 Å². The number of carbonyl (C=O) groups is 2. The molecule has 0 bridgehead atoms. The van der Waals surface area contributed by atoms with Crippen LogP contribution < -0.4 is 5.32 Å². The number of aryl methyl sites for hydroxylation is 1. The molecular weight excluding hydrogens is 248 g/mol. The van der Waals surface area contributed by atoms with Gasteiger partial charge in [-0.25, -0.2) is 4.98 Å². The molecule has 1 aliphatic rings. The Bertz CT molecular complexity index is 464. The van der Waals surface area contributed by atoms with E-state index in [0.717, 1.165) is 0 Å². The van der Waals surface area contributed by atoms with E-state index in [-0.39, 0.29) is 17.6 Å². The van der Waals surface area contributed by atoms with E-state index in [4.69, 9.17) is 0 Å². The molecule has 1 aromatic heterocycles. The molecule has 0 saturated carbocycles. The summed E-state index contributed by atoms with van der Waals surface area (Å²) in [5.41, 5.74) is 0. The van der Waals surface area contributed by atoms with Crippen LogP contribution in [0.2, 0.25) is 0 Å². The van der Waals surface area contributed by atoms with E-state index in [1.165, 1.54) is 0 Å². The van der Waals surface area contributed by atoms with Crippen LogP contribution in [0.25, 0.3) is 0 Å². The van der Waals surface area contributed by atoms with Crippen molar-refractivity contribution in [1.29, 1.82) is 0 Å². The molecule has 2 heterocycles. The first-order chi connectivity index (χ1) is 9.10. The van der Waals surface area contributed by atoms with Gasteiger partial charge in [0.05, 0.1) is 6.54 Å². The molecule has 0 spiro atoms. The topological polar surface area (TPSA) is 94.2 Å². The maximum absolute atomic E-state index is 12.1. The fourth-order valence-corrected chi connectivity index (χ4v) is 1.97. The van der Waals surface area contributed by atoms with Gasteiger partial charge in [0.25, 0.3) is 5.91 Å². The summed E-state index contributed by atoms with van der Waals surface area (Å²) < 4.78 is 0. The van der Waals surface area contributed by atoms with Crippen LogP contribution in [-0.2, 0) is 4.79 Å². The zero-order valence-electron chi connectivity index (χ0n) is 11.1. The molecule has 2 N–H and O–H groups in total. The maximum atomic E-state index is 12.1. The lowest BCUT2D eigenvalue weighted by Crippen LogP contribution is -2.51. The second kappa shape index (κ2) is 5.79. The predicted octanol–water partition coefficient (Wildman–Crippen LogP) is -1.38. The molecule has 8 nitrogen and oxygen atoms in total. The largest absolute Gasteiger partial charge is 0.358 e. The van der Waals surface area contributed by atoms with Crippen LogP contribution in [-0.4, -0.2) is 76.6 Å². The molecule has 1 saturated heterocycles. The zero-order chi connectivity index (χ0) is 13.8. The van der Waals surface area contributed by atoms with E-state index < -0.39 is 0 Å². The van der Waals surface area contributed by atoms with Crippen molar-refractivity contribution in [3.8, 4) is 0 Å². The summed E-state index contributed by atoms with van der Waals surface area (Å²) in [7, 11) is 1.62. The summed E-state index contributed by atoms with van der Waals surface area (Å²) in [5.74, 6) is 0.659. The van der Waals surface area contributed by atoms with E-state index >= 15 is 0 Å². The summed E-state index contributed by atoms with van der Waals surface area (Å²) >= 11 is 0. The Kier molecular flexibility index (Phi) is 4.10. The Morgan fingerprint density at radius 3 is 2.53 bits per heavy atom. The Morgan fingerprint density at radius 1 is 1.32 bits per heavy atom. The number of likely N-dealkylation sites (N-methyl/N-ethyl adjacent to an activating group) is 1. The summed E-state index contributed by atoms with van der Waals surface area (Å²) in [4.78, 5) is 31.1. The number of aromatic nitrogens is 3. The Balaban J connectivity index is 1.86. The lowest BCUT2D eigenvalue weighted by molar-refractivity contribution is -0.122. The molecule has 1 aromatic rings. The van der Waals surface area contributed by atoms with Crippen LogP contribution >= 0.6 is 0 Å². The molecule has 0 aliphatic carbocycles. The zero-order valence-corrected chi connectivity index (χ0v) is 11.1. The van der Waals surface area contributed by atoms with Crippen molar-refractivity contribution in [3.05, 3.63) is 11.6 Å². The molecule has 8 heteroatoms. The van der Waals surface area contributed by atoms with Crippen molar-refractivity contribution in [2.45, 2.75) is 6.92 Å². The highest BCUT2D eigenvalue weighted by Gasteiger charge is 2.25. The number of rotatable bonds is 3. The van der Waals surface area contributed by atoms with Gasteiger partial charge in [-0.05, 0) is 6.92 Å². The minimum atomic E-state index is -0.163. The van der Waals surface area contributed by atoms with E-state index in [1.54, 1.807) is 18.9 Å². The van der Waals surface area contributed by atoms with Crippen molar-refractivity contribution in [1.82, 2.24) is 30.3 Å². The first-order valence-electron chi connectivity index (χ1n) is 6.21. The quantitative estimate of drug-likeness (QED) is 0.703. The van der Waals surface area contributed by atoms with E-state index in [9.17, 15) is 9.59 Å². The van der Waals surface area contributed by atoms with E-state index in [0.29, 0.717) is 38.5 Å². The fourth-order valence-electron chi connectivity index (χ4n) is 1.97. The lowest BCUT2D eigenvalue weighted by atomic mass is 10.3. The standard InChI is InChI=1S/C11H18N6O2/c1-8-13-10(15-14-8)11(19)17-5-3-16(4-6-17)7-9(18)12-2/h3-7H2,1-2H3,(H,12,18)(H,13,14,15). The monoisotopic (exact) mass is 266 g/mol. The van der Waals surface area contributed by atoms with Gasteiger partial charge in [0.2, 0.25) is 11.7 Å². The van der Waals surface area contributed by atoms with Crippen molar-refractivity contribution in [2.24, 2.45) is 0 Å². The normalized spacial score (nSPS) is 16.4. The predicted molar refractivity (Wildman–Crippen MR) is 67.5 cm³/mol. The smallest absolute Gasteiger partial charge is 0.293 e. The van der Waals surface area contributed by atoms with Crippen molar-refractivity contribution in [3.63, 3.8) is 0 Å². The van der Waals surface area contributed by atoms with Crippen molar-refractivity contribution in [2.75, 3.05) is 39.8 Å². The first-order valence-corrected chi connectivity index (χ1v) is 6.21. The molecule has 2 rings (SSSR count).